The van der Waals surface area contributed by atoms with E-state index < -0.39 is 5.60 Å². The van der Waals surface area contributed by atoms with Crippen molar-refractivity contribution < 1.29 is 19.4 Å². The molecule has 2 aliphatic rings. The van der Waals surface area contributed by atoms with Crippen molar-refractivity contribution in [2.45, 2.75) is 44.8 Å². The molecule has 1 aromatic carbocycles. The summed E-state index contributed by atoms with van der Waals surface area (Å²) in [6.45, 7) is 5.70. The van der Waals surface area contributed by atoms with Gasteiger partial charge in [-0.2, -0.15) is 0 Å². The predicted molar refractivity (Wildman–Crippen MR) is 126 cm³/mol. The van der Waals surface area contributed by atoms with Gasteiger partial charge in [-0.1, -0.05) is 0 Å². The number of carbonyl (C=O) groups is 2. The van der Waals surface area contributed by atoms with Crippen LogP contribution in [0.4, 0.5) is 11.4 Å². The van der Waals surface area contributed by atoms with Crippen molar-refractivity contribution in [3.05, 3.63) is 48.8 Å². The van der Waals surface area contributed by atoms with Crippen molar-refractivity contribution in [3.8, 4) is 5.75 Å². The van der Waals surface area contributed by atoms with Crippen LogP contribution in [0.25, 0.3) is 0 Å². The van der Waals surface area contributed by atoms with Gasteiger partial charge < -0.3 is 25.0 Å². The smallest absolute Gasteiger partial charge is 0.253 e. The maximum Gasteiger partial charge on any atom is 0.253 e. The van der Waals surface area contributed by atoms with E-state index in [1.54, 1.807) is 11.1 Å². The SMILES string of the molecule is CC(C)(O)C(=O)N1CCC(Oc2ccc(NC(=O)[C@H]3CCN(c4cccnc4)C3)cc2)CC1. The molecule has 1 atom stereocenters. The minimum Gasteiger partial charge on any atom is -0.490 e. The van der Waals surface area contributed by atoms with E-state index in [0.29, 0.717) is 19.6 Å². The Kier molecular flexibility index (Phi) is 6.83. The van der Waals surface area contributed by atoms with Crippen LogP contribution >= 0.6 is 0 Å². The molecule has 2 aromatic rings. The van der Waals surface area contributed by atoms with Gasteiger partial charge in [-0.05, 0) is 56.7 Å². The summed E-state index contributed by atoms with van der Waals surface area (Å²) in [6, 6.07) is 11.4. The average Bonchev–Trinajstić information content (AvgIpc) is 3.31. The second-order valence-electron chi connectivity index (χ2n) is 9.32. The standard InChI is InChI=1S/C25H32N4O4/c1-25(2,32)24(31)28-14-10-22(11-15-28)33-21-7-5-19(6-8-21)27-23(30)18-9-13-29(17-18)20-4-3-12-26-16-20/h3-8,12,16,18,22,32H,9-11,13-15,17H2,1-2H3,(H,27,30)/t18-/m0/s1. The number of ether oxygens (including phenoxy) is 1. The second-order valence-corrected chi connectivity index (χ2v) is 9.32. The van der Waals surface area contributed by atoms with Crippen molar-refractivity contribution in [1.29, 1.82) is 0 Å². The highest BCUT2D eigenvalue weighted by atomic mass is 16.5. The number of hydrogen-bond acceptors (Lipinski definition) is 6. The summed E-state index contributed by atoms with van der Waals surface area (Å²) >= 11 is 0. The predicted octanol–water partition coefficient (Wildman–Crippen LogP) is 2.69. The lowest BCUT2D eigenvalue weighted by Gasteiger charge is -2.35. The number of nitrogens with zero attached hydrogens (tertiary/aromatic N) is 3. The average molecular weight is 453 g/mol. The molecule has 4 rings (SSSR count). The highest BCUT2D eigenvalue weighted by Crippen LogP contribution is 2.26. The molecular weight excluding hydrogens is 420 g/mol. The molecule has 1 aromatic heterocycles. The summed E-state index contributed by atoms with van der Waals surface area (Å²) < 4.78 is 6.07. The number of nitrogens with one attached hydrogen (secondary N) is 1. The third kappa shape index (κ3) is 5.82. The Morgan fingerprint density at radius 3 is 2.45 bits per heavy atom. The topological polar surface area (TPSA) is 95.0 Å². The molecule has 33 heavy (non-hydrogen) atoms. The summed E-state index contributed by atoms with van der Waals surface area (Å²) in [7, 11) is 0. The quantitative estimate of drug-likeness (QED) is 0.700. The maximum absolute atomic E-state index is 12.7. The van der Waals surface area contributed by atoms with Gasteiger partial charge in [0.1, 0.15) is 17.5 Å². The first kappa shape index (κ1) is 23.0. The molecule has 8 nitrogen and oxygen atoms in total. The molecule has 176 valence electrons. The van der Waals surface area contributed by atoms with Gasteiger partial charge in [-0.15, -0.1) is 0 Å². The minimum absolute atomic E-state index is 0.0215. The van der Waals surface area contributed by atoms with Crippen molar-refractivity contribution in [2.24, 2.45) is 5.92 Å². The normalized spacial score (nSPS) is 19.4. The molecule has 0 bridgehead atoms. The lowest BCUT2D eigenvalue weighted by Crippen LogP contribution is -2.49. The molecule has 0 saturated carbocycles. The Hall–Kier alpha value is -3.13. The Labute approximate surface area is 194 Å². The van der Waals surface area contributed by atoms with Crippen molar-refractivity contribution >= 4 is 23.2 Å². The molecular formula is C25H32N4O4. The third-order valence-corrected chi connectivity index (χ3v) is 6.25. The molecule has 0 radical (unpaired) electrons. The molecule has 0 spiro atoms. The number of likely N-dealkylation sites (tertiary alicyclic amines) is 1. The second kappa shape index (κ2) is 9.79. The molecule has 8 heteroatoms. The van der Waals surface area contributed by atoms with Crippen LogP contribution in [-0.4, -0.2) is 64.7 Å². The summed E-state index contributed by atoms with van der Waals surface area (Å²) in [6.07, 6.45) is 5.85. The zero-order chi connectivity index (χ0) is 23.4. The van der Waals surface area contributed by atoms with Crippen LogP contribution < -0.4 is 15.0 Å². The number of amides is 2. The fourth-order valence-corrected chi connectivity index (χ4v) is 4.37. The van der Waals surface area contributed by atoms with Gasteiger partial charge in [0.2, 0.25) is 5.91 Å². The zero-order valence-electron chi connectivity index (χ0n) is 19.2. The molecule has 2 saturated heterocycles. The number of aliphatic hydroxyl groups is 1. The number of anilines is 2. The summed E-state index contributed by atoms with van der Waals surface area (Å²) in [5.74, 6) is 0.465. The van der Waals surface area contributed by atoms with Crippen molar-refractivity contribution in [1.82, 2.24) is 9.88 Å². The van der Waals surface area contributed by atoms with Gasteiger partial charge in [0.15, 0.2) is 0 Å². The van der Waals surface area contributed by atoms with Crippen LogP contribution in [0.5, 0.6) is 5.75 Å². The van der Waals surface area contributed by atoms with Gasteiger partial charge in [0.05, 0.1) is 17.8 Å². The van der Waals surface area contributed by atoms with E-state index in [1.165, 1.54) is 13.8 Å². The summed E-state index contributed by atoms with van der Waals surface area (Å²) in [4.78, 5) is 32.9. The van der Waals surface area contributed by atoms with Crippen LogP contribution in [0.2, 0.25) is 0 Å². The Balaban J connectivity index is 1.24. The lowest BCUT2D eigenvalue weighted by atomic mass is 10.0. The first-order chi connectivity index (χ1) is 15.8. The fraction of sp³-hybridized carbons (Fsp3) is 0.480. The van der Waals surface area contributed by atoms with Crippen LogP contribution in [-0.2, 0) is 9.59 Å². The summed E-state index contributed by atoms with van der Waals surface area (Å²) in [5.41, 5.74) is 0.450. The summed E-state index contributed by atoms with van der Waals surface area (Å²) in [5, 5.41) is 12.9. The van der Waals surface area contributed by atoms with Crippen molar-refractivity contribution in [3.63, 3.8) is 0 Å². The highest BCUT2D eigenvalue weighted by molar-refractivity contribution is 5.93. The molecule has 2 amide bonds. The Morgan fingerprint density at radius 2 is 1.82 bits per heavy atom. The molecule has 2 N–H and O–H groups in total. The molecule has 0 aliphatic carbocycles. The van der Waals surface area contributed by atoms with Gasteiger partial charge in [-0.25, -0.2) is 0 Å². The third-order valence-electron chi connectivity index (χ3n) is 6.25. The van der Waals surface area contributed by atoms with Gasteiger partial charge in [0, 0.05) is 50.9 Å². The van der Waals surface area contributed by atoms with Crippen molar-refractivity contribution in [2.75, 3.05) is 36.4 Å². The number of hydrogen-bond donors (Lipinski definition) is 2. The van der Waals surface area contributed by atoms with E-state index in [-0.39, 0.29) is 23.8 Å². The first-order valence-corrected chi connectivity index (χ1v) is 11.5. The Morgan fingerprint density at radius 1 is 1.09 bits per heavy atom. The lowest BCUT2D eigenvalue weighted by molar-refractivity contribution is -0.149. The van der Waals surface area contributed by atoms with E-state index in [2.05, 4.69) is 15.2 Å². The van der Waals surface area contributed by atoms with E-state index in [0.717, 1.165) is 42.9 Å². The van der Waals surface area contributed by atoms with Crippen LogP contribution in [0.3, 0.4) is 0 Å². The van der Waals surface area contributed by atoms with E-state index >= 15 is 0 Å². The van der Waals surface area contributed by atoms with E-state index in [9.17, 15) is 14.7 Å². The molecule has 3 heterocycles. The number of rotatable bonds is 6. The van der Waals surface area contributed by atoms with E-state index in [4.69, 9.17) is 4.74 Å². The van der Waals surface area contributed by atoms with Gasteiger partial charge in [-0.3, -0.25) is 14.6 Å². The van der Waals surface area contributed by atoms with Gasteiger partial charge >= 0.3 is 0 Å². The minimum atomic E-state index is -1.34. The van der Waals surface area contributed by atoms with Crippen LogP contribution in [0, 0.1) is 5.92 Å². The monoisotopic (exact) mass is 452 g/mol. The van der Waals surface area contributed by atoms with E-state index in [1.807, 2.05) is 42.6 Å². The Bertz CT molecular complexity index is 951. The highest BCUT2D eigenvalue weighted by Gasteiger charge is 2.32. The number of piperidine rings is 1. The molecule has 2 fully saturated rings. The maximum atomic E-state index is 12.7. The number of benzene rings is 1. The number of aromatic nitrogens is 1. The van der Waals surface area contributed by atoms with Crippen LogP contribution in [0.15, 0.2) is 48.8 Å². The fourth-order valence-electron chi connectivity index (χ4n) is 4.37. The first-order valence-electron chi connectivity index (χ1n) is 11.5. The molecule has 0 unspecified atom stereocenters. The molecule has 2 aliphatic heterocycles. The van der Waals surface area contributed by atoms with Gasteiger partial charge in [0.25, 0.3) is 5.91 Å². The zero-order valence-corrected chi connectivity index (χ0v) is 19.2. The number of carbonyl (C=O) groups excluding carboxylic acids is 2. The number of pyridine rings is 1. The largest absolute Gasteiger partial charge is 0.490 e. The van der Waals surface area contributed by atoms with Crippen LogP contribution in [0.1, 0.15) is 33.1 Å².